The van der Waals surface area contributed by atoms with Crippen LogP contribution >= 0.6 is 0 Å². The summed E-state index contributed by atoms with van der Waals surface area (Å²) in [6, 6.07) is 0. The van der Waals surface area contributed by atoms with Crippen LogP contribution in [0, 0.1) is 16.2 Å². The highest BCUT2D eigenvalue weighted by Crippen LogP contribution is 2.80. The Bertz CT molecular complexity index is 190. The largest absolute Gasteiger partial charge is 0.247 e. The second-order valence-electron chi connectivity index (χ2n) is 6.04. The third-order valence-corrected chi connectivity index (χ3v) is 4.51. The lowest BCUT2D eigenvalue weighted by molar-refractivity contribution is -0.282. The molecule has 0 aromatic rings. The van der Waals surface area contributed by atoms with Gasteiger partial charge in [0.1, 0.15) is 6.17 Å². The van der Waals surface area contributed by atoms with Crippen LogP contribution < -0.4 is 0 Å². The first-order valence-electron chi connectivity index (χ1n) is 4.96. The highest BCUT2D eigenvalue weighted by Gasteiger charge is 2.73. The Morgan fingerprint density at radius 1 is 1.17 bits per heavy atom. The minimum atomic E-state index is -0.582. The van der Waals surface area contributed by atoms with Gasteiger partial charge in [-0.3, -0.25) is 0 Å². The van der Waals surface area contributed by atoms with E-state index in [1.165, 1.54) is 0 Å². The Balaban J connectivity index is 2.05. The number of hydrogen-bond donors (Lipinski definition) is 0. The van der Waals surface area contributed by atoms with E-state index in [0.717, 1.165) is 19.3 Å². The van der Waals surface area contributed by atoms with Crippen molar-refractivity contribution in [2.45, 2.75) is 53.1 Å². The molecule has 1 unspecified atom stereocenters. The molecule has 3 rings (SSSR count). The van der Waals surface area contributed by atoms with E-state index >= 15 is 0 Å². The Morgan fingerprint density at radius 3 is 1.83 bits per heavy atom. The molecule has 2 bridgehead atoms. The molecule has 0 aromatic heterocycles. The third-order valence-electron chi connectivity index (χ3n) is 4.51. The first kappa shape index (κ1) is 8.52. The lowest BCUT2D eigenvalue weighted by atomic mass is 9.28. The zero-order chi connectivity index (χ0) is 9.20. The van der Waals surface area contributed by atoms with Crippen LogP contribution in [0.4, 0.5) is 4.39 Å². The van der Waals surface area contributed by atoms with E-state index in [9.17, 15) is 4.39 Å². The standard InChI is InChI=1S/C11H19F/c1-8(12)10-5-11(6-10,7-10)9(2,3)4/h8H,5-7H2,1-4H3. The zero-order valence-corrected chi connectivity index (χ0v) is 8.58. The van der Waals surface area contributed by atoms with Crippen LogP contribution in [-0.4, -0.2) is 6.17 Å². The summed E-state index contributed by atoms with van der Waals surface area (Å²) < 4.78 is 13.1. The van der Waals surface area contributed by atoms with Gasteiger partial charge in [-0.1, -0.05) is 20.8 Å². The lowest BCUT2D eigenvalue weighted by Gasteiger charge is -2.76. The van der Waals surface area contributed by atoms with Crippen LogP contribution in [0.25, 0.3) is 0 Å². The molecule has 0 radical (unpaired) electrons. The summed E-state index contributed by atoms with van der Waals surface area (Å²) in [6.07, 6.45) is 2.84. The quantitative estimate of drug-likeness (QED) is 0.564. The van der Waals surface area contributed by atoms with E-state index in [1.54, 1.807) is 6.92 Å². The predicted molar refractivity (Wildman–Crippen MR) is 48.7 cm³/mol. The number of alkyl halides is 1. The van der Waals surface area contributed by atoms with Gasteiger partial charge in [-0.2, -0.15) is 0 Å². The Labute approximate surface area is 74.5 Å². The van der Waals surface area contributed by atoms with Gasteiger partial charge in [0.05, 0.1) is 0 Å². The first-order chi connectivity index (χ1) is 5.31. The van der Waals surface area contributed by atoms with Crippen molar-refractivity contribution in [2.24, 2.45) is 16.2 Å². The topological polar surface area (TPSA) is 0 Å². The summed E-state index contributed by atoms with van der Waals surface area (Å²) in [5, 5.41) is 0. The molecule has 3 aliphatic carbocycles. The minimum absolute atomic E-state index is 0.118. The maximum Gasteiger partial charge on any atom is 0.103 e. The molecule has 0 spiro atoms. The summed E-state index contributed by atoms with van der Waals surface area (Å²) >= 11 is 0. The van der Waals surface area contributed by atoms with Gasteiger partial charge in [0.25, 0.3) is 0 Å². The molecule has 0 aliphatic heterocycles. The molecule has 3 aliphatic rings. The Hall–Kier alpha value is -0.0700. The van der Waals surface area contributed by atoms with Crippen molar-refractivity contribution in [2.75, 3.05) is 0 Å². The van der Waals surface area contributed by atoms with E-state index < -0.39 is 6.17 Å². The summed E-state index contributed by atoms with van der Waals surface area (Å²) in [6.45, 7) is 8.60. The predicted octanol–water partition coefficient (Wildman–Crippen LogP) is 3.56. The van der Waals surface area contributed by atoms with Crippen LogP contribution in [0.15, 0.2) is 0 Å². The van der Waals surface area contributed by atoms with Crippen molar-refractivity contribution in [3.63, 3.8) is 0 Å². The lowest BCUT2D eigenvalue weighted by Crippen LogP contribution is -2.69. The molecule has 0 saturated heterocycles. The third kappa shape index (κ3) is 0.730. The molecule has 1 atom stereocenters. The summed E-state index contributed by atoms with van der Waals surface area (Å²) in [5.74, 6) is 0. The smallest absolute Gasteiger partial charge is 0.103 e. The molecule has 0 N–H and O–H groups in total. The highest BCUT2D eigenvalue weighted by molar-refractivity contribution is 5.22. The highest BCUT2D eigenvalue weighted by atomic mass is 19.1. The van der Waals surface area contributed by atoms with Crippen molar-refractivity contribution in [3.05, 3.63) is 0 Å². The fourth-order valence-corrected chi connectivity index (χ4v) is 3.08. The van der Waals surface area contributed by atoms with E-state index in [2.05, 4.69) is 20.8 Å². The molecule has 0 amide bonds. The number of halogens is 1. The van der Waals surface area contributed by atoms with E-state index in [4.69, 9.17) is 0 Å². The van der Waals surface area contributed by atoms with Gasteiger partial charge in [-0.15, -0.1) is 0 Å². The van der Waals surface area contributed by atoms with E-state index in [1.807, 2.05) is 0 Å². The fraction of sp³-hybridized carbons (Fsp3) is 1.00. The molecule has 0 nitrogen and oxygen atoms in total. The Kier molecular flexibility index (Phi) is 1.34. The van der Waals surface area contributed by atoms with Crippen LogP contribution in [0.1, 0.15) is 47.0 Å². The van der Waals surface area contributed by atoms with Crippen molar-refractivity contribution in [3.8, 4) is 0 Å². The molecular weight excluding hydrogens is 151 g/mol. The summed E-state index contributed by atoms with van der Waals surface area (Å²) in [7, 11) is 0. The van der Waals surface area contributed by atoms with Crippen molar-refractivity contribution in [1.29, 1.82) is 0 Å². The molecule has 3 saturated carbocycles. The van der Waals surface area contributed by atoms with Gasteiger partial charge in [-0.05, 0) is 37.0 Å². The maximum atomic E-state index is 13.1. The molecule has 0 heterocycles. The average Bonchev–Trinajstić information content (AvgIpc) is 1.46. The van der Waals surface area contributed by atoms with Crippen molar-refractivity contribution < 1.29 is 4.39 Å². The second kappa shape index (κ2) is 1.88. The fourth-order valence-electron chi connectivity index (χ4n) is 3.08. The van der Waals surface area contributed by atoms with Crippen molar-refractivity contribution >= 4 is 0 Å². The van der Waals surface area contributed by atoms with Gasteiger partial charge in [0.15, 0.2) is 0 Å². The second-order valence-corrected chi connectivity index (χ2v) is 6.04. The SMILES string of the molecule is CC(F)C12CC(C(C)(C)C)(C1)C2. The monoisotopic (exact) mass is 170 g/mol. The molecular formula is C11H19F. The van der Waals surface area contributed by atoms with Gasteiger partial charge >= 0.3 is 0 Å². The molecule has 1 heteroatoms. The molecule has 3 fully saturated rings. The number of hydrogen-bond acceptors (Lipinski definition) is 0. The molecule has 12 heavy (non-hydrogen) atoms. The molecule has 70 valence electrons. The van der Waals surface area contributed by atoms with Gasteiger partial charge in [-0.25, -0.2) is 4.39 Å². The summed E-state index contributed by atoms with van der Waals surface area (Å²) in [4.78, 5) is 0. The summed E-state index contributed by atoms with van der Waals surface area (Å²) in [5.41, 5.74) is 1.02. The van der Waals surface area contributed by atoms with Gasteiger partial charge in [0, 0.05) is 5.41 Å². The average molecular weight is 170 g/mol. The van der Waals surface area contributed by atoms with Crippen LogP contribution in [0.3, 0.4) is 0 Å². The van der Waals surface area contributed by atoms with E-state index in [0.29, 0.717) is 10.8 Å². The van der Waals surface area contributed by atoms with Crippen molar-refractivity contribution in [1.82, 2.24) is 0 Å². The normalized spacial score (nSPS) is 47.8. The maximum absolute atomic E-state index is 13.1. The zero-order valence-electron chi connectivity index (χ0n) is 8.58. The van der Waals surface area contributed by atoms with Gasteiger partial charge in [0.2, 0.25) is 0 Å². The van der Waals surface area contributed by atoms with Crippen LogP contribution in [0.5, 0.6) is 0 Å². The van der Waals surface area contributed by atoms with Gasteiger partial charge < -0.3 is 0 Å². The van der Waals surface area contributed by atoms with E-state index in [-0.39, 0.29) is 5.41 Å². The Morgan fingerprint density at radius 2 is 1.58 bits per heavy atom. The number of rotatable bonds is 1. The van der Waals surface area contributed by atoms with Crippen LogP contribution in [0.2, 0.25) is 0 Å². The first-order valence-corrected chi connectivity index (χ1v) is 4.96. The van der Waals surface area contributed by atoms with Crippen LogP contribution in [-0.2, 0) is 0 Å². The molecule has 0 aromatic carbocycles. The minimum Gasteiger partial charge on any atom is -0.247 e.